The first-order valence-electron chi connectivity index (χ1n) is 5.81. The molecule has 1 aromatic rings. The Morgan fingerprint density at radius 3 is 2.94 bits per heavy atom. The normalized spacial score (nSPS) is 29.3. The van der Waals surface area contributed by atoms with Gasteiger partial charge in [0.2, 0.25) is 9.47 Å². The average Bonchev–Trinajstić information content (AvgIpc) is 2.96. The molecule has 0 spiro atoms. The Morgan fingerprint density at radius 2 is 2.22 bits per heavy atom. The van der Waals surface area contributed by atoms with E-state index in [4.69, 9.17) is 10.5 Å². The Kier molecular flexibility index (Phi) is 3.00. The molecule has 3 rings (SSSR count). The van der Waals surface area contributed by atoms with E-state index < -0.39 is 10.0 Å². The van der Waals surface area contributed by atoms with Crippen molar-refractivity contribution in [3.63, 3.8) is 0 Å². The van der Waals surface area contributed by atoms with Gasteiger partial charge >= 0.3 is 0 Å². The number of hydrogen-bond acceptors (Lipinski definition) is 7. The van der Waals surface area contributed by atoms with Crippen LogP contribution in [0.2, 0.25) is 0 Å². The van der Waals surface area contributed by atoms with Gasteiger partial charge in [-0.2, -0.15) is 4.31 Å². The van der Waals surface area contributed by atoms with Crippen LogP contribution < -0.4 is 5.73 Å². The molecular formula is C9H14N4O3S2. The number of sulfonamides is 1. The molecule has 2 heterocycles. The van der Waals surface area contributed by atoms with Gasteiger partial charge in [0, 0.05) is 6.54 Å². The molecule has 1 aliphatic carbocycles. The molecule has 0 radical (unpaired) electrons. The second-order valence-electron chi connectivity index (χ2n) is 4.43. The fourth-order valence-electron chi connectivity index (χ4n) is 2.61. The number of rotatable bonds is 2. The zero-order valence-electron chi connectivity index (χ0n) is 9.65. The largest absolute Gasteiger partial charge is 0.375 e. The summed E-state index contributed by atoms with van der Waals surface area (Å²) in [6.07, 6.45) is 2.80. The molecule has 7 nitrogen and oxygen atoms in total. The number of ether oxygens (including phenoxy) is 1. The zero-order chi connectivity index (χ0) is 12.8. The molecule has 9 heteroatoms. The maximum absolute atomic E-state index is 12.5. The van der Waals surface area contributed by atoms with E-state index in [2.05, 4.69) is 10.2 Å². The first-order valence-corrected chi connectivity index (χ1v) is 8.07. The number of nitrogen functional groups attached to an aromatic ring is 1. The maximum Gasteiger partial charge on any atom is 0.272 e. The summed E-state index contributed by atoms with van der Waals surface area (Å²) < 4.78 is 32.0. The van der Waals surface area contributed by atoms with Crippen LogP contribution in [0, 0.1) is 0 Å². The van der Waals surface area contributed by atoms with E-state index in [0.29, 0.717) is 13.2 Å². The van der Waals surface area contributed by atoms with Crippen LogP contribution in [0.15, 0.2) is 4.34 Å². The van der Waals surface area contributed by atoms with Crippen molar-refractivity contribution < 1.29 is 13.2 Å². The molecule has 2 fully saturated rings. The van der Waals surface area contributed by atoms with Gasteiger partial charge in [-0.25, -0.2) is 8.42 Å². The quantitative estimate of drug-likeness (QED) is 0.827. The van der Waals surface area contributed by atoms with Gasteiger partial charge in [-0.05, 0) is 19.3 Å². The molecule has 1 aromatic heterocycles. The molecule has 0 aromatic carbocycles. The number of fused-ring (bicyclic) bond motifs is 1. The molecule has 2 atom stereocenters. The monoisotopic (exact) mass is 290 g/mol. The van der Waals surface area contributed by atoms with Gasteiger partial charge in [-0.1, -0.05) is 11.3 Å². The van der Waals surface area contributed by atoms with E-state index in [-0.39, 0.29) is 21.6 Å². The average molecular weight is 290 g/mol. The predicted octanol–water partition coefficient (Wildman–Crippen LogP) is 0.0623. The first-order chi connectivity index (χ1) is 8.59. The molecule has 18 heavy (non-hydrogen) atoms. The number of nitrogens with two attached hydrogens (primary N) is 1. The summed E-state index contributed by atoms with van der Waals surface area (Å²) in [6, 6.07) is -0.0612. The molecule has 2 aliphatic rings. The van der Waals surface area contributed by atoms with Crippen molar-refractivity contribution >= 4 is 26.5 Å². The van der Waals surface area contributed by atoms with Crippen molar-refractivity contribution in [2.24, 2.45) is 0 Å². The van der Waals surface area contributed by atoms with Crippen molar-refractivity contribution in [3.05, 3.63) is 0 Å². The van der Waals surface area contributed by atoms with Crippen LogP contribution in [0.25, 0.3) is 0 Å². The summed E-state index contributed by atoms with van der Waals surface area (Å²) in [7, 11) is -3.58. The van der Waals surface area contributed by atoms with Crippen molar-refractivity contribution in [2.45, 2.75) is 35.7 Å². The third-order valence-electron chi connectivity index (χ3n) is 3.38. The molecule has 0 amide bonds. The van der Waals surface area contributed by atoms with Gasteiger partial charge < -0.3 is 10.5 Å². The van der Waals surface area contributed by atoms with Crippen LogP contribution in [0.4, 0.5) is 5.13 Å². The minimum absolute atomic E-state index is 0.0208. The predicted molar refractivity (Wildman–Crippen MR) is 65.6 cm³/mol. The highest BCUT2D eigenvalue weighted by Gasteiger charge is 2.43. The Hall–Kier alpha value is -0.770. The number of morpholine rings is 1. The molecule has 2 N–H and O–H groups in total. The van der Waals surface area contributed by atoms with Crippen LogP contribution >= 0.6 is 11.3 Å². The zero-order valence-corrected chi connectivity index (χ0v) is 11.3. The van der Waals surface area contributed by atoms with Crippen LogP contribution in [0.1, 0.15) is 19.3 Å². The molecule has 100 valence electrons. The molecule has 1 saturated heterocycles. The Labute approximate surface area is 109 Å². The van der Waals surface area contributed by atoms with E-state index in [9.17, 15) is 8.42 Å². The molecule has 2 unspecified atom stereocenters. The second-order valence-corrected chi connectivity index (χ2v) is 7.50. The topological polar surface area (TPSA) is 98.4 Å². The van der Waals surface area contributed by atoms with E-state index in [1.54, 1.807) is 0 Å². The van der Waals surface area contributed by atoms with Crippen molar-refractivity contribution in [1.29, 1.82) is 0 Å². The van der Waals surface area contributed by atoms with Crippen molar-refractivity contribution in [1.82, 2.24) is 14.5 Å². The molecule has 0 bridgehead atoms. The lowest BCUT2D eigenvalue weighted by Gasteiger charge is -2.35. The summed E-state index contributed by atoms with van der Waals surface area (Å²) in [5, 5.41) is 7.39. The highest BCUT2D eigenvalue weighted by molar-refractivity contribution is 7.91. The third kappa shape index (κ3) is 1.91. The van der Waals surface area contributed by atoms with Gasteiger partial charge in [0.1, 0.15) is 0 Å². The van der Waals surface area contributed by atoms with Crippen molar-refractivity contribution in [2.75, 3.05) is 18.9 Å². The second kappa shape index (κ2) is 4.41. The number of hydrogen-bond donors (Lipinski definition) is 1. The minimum Gasteiger partial charge on any atom is -0.375 e. The smallest absolute Gasteiger partial charge is 0.272 e. The van der Waals surface area contributed by atoms with E-state index in [0.717, 1.165) is 30.6 Å². The molecular weight excluding hydrogens is 276 g/mol. The van der Waals surface area contributed by atoms with E-state index >= 15 is 0 Å². The Bertz CT molecular complexity index is 544. The highest BCUT2D eigenvalue weighted by Crippen LogP contribution is 2.34. The van der Waals surface area contributed by atoms with Crippen LogP contribution in [-0.2, 0) is 14.8 Å². The number of aromatic nitrogens is 2. The van der Waals surface area contributed by atoms with Gasteiger partial charge in [0.25, 0.3) is 10.0 Å². The number of anilines is 1. The lowest BCUT2D eigenvalue weighted by Crippen LogP contribution is -2.51. The SMILES string of the molecule is Nc1nnc(S(=O)(=O)N2CCOC3CCCC32)s1. The molecule has 1 saturated carbocycles. The van der Waals surface area contributed by atoms with Gasteiger partial charge in [-0.3, -0.25) is 0 Å². The van der Waals surface area contributed by atoms with Gasteiger partial charge in [0.15, 0.2) is 0 Å². The van der Waals surface area contributed by atoms with Crippen LogP contribution in [0.5, 0.6) is 0 Å². The summed E-state index contributed by atoms with van der Waals surface area (Å²) in [4.78, 5) is 0. The van der Waals surface area contributed by atoms with Gasteiger partial charge in [0.05, 0.1) is 18.8 Å². The van der Waals surface area contributed by atoms with Gasteiger partial charge in [-0.15, -0.1) is 10.2 Å². The number of nitrogens with zero attached hydrogens (tertiary/aromatic N) is 3. The first kappa shape index (κ1) is 12.3. The maximum atomic E-state index is 12.5. The molecule has 1 aliphatic heterocycles. The Morgan fingerprint density at radius 1 is 1.39 bits per heavy atom. The minimum atomic E-state index is -3.58. The lowest BCUT2D eigenvalue weighted by molar-refractivity contribution is -0.0241. The van der Waals surface area contributed by atoms with E-state index in [1.165, 1.54) is 4.31 Å². The standard InChI is InChI=1S/C9H14N4O3S2/c10-8-11-12-9(17-8)18(14,15)13-4-5-16-7-3-1-2-6(7)13/h6-7H,1-5H2,(H2,10,11). The fraction of sp³-hybridized carbons (Fsp3) is 0.778. The van der Waals surface area contributed by atoms with Crippen molar-refractivity contribution in [3.8, 4) is 0 Å². The lowest BCUT2D eigenvalue weighted by atomic mass is 10.2. The van der Waals surface area contributed by atoms with Crippen LogP contribution in [-0.4, -0.2) is 48.2 Å². The summed E-state index contributed by atoms with van der Waals surface area (Å²) in [5.41, 5.74) is 5.45. The van der Waals surface area contributed by atoms with E-state index in [1.807, 2.05) is 0 Å². The highest BCUT2D eigenvalue weighted by atomic mass is 32.2. The summed E-state index contributed by atoms with van der Waals surface area (Å²) in [5.74, 6) is 0. The summed E-state index contributed by atoms with van der Waals surface area (Å²) in [6.45, 7) is 0.817. The summed E-state index contributed by atoms with van der Waals surface area (Å²) >= 11 is 0.908. The fourth-order valence-corrected chi connectivity index (χ4v) is 5.18. The van der Waals surface area contributed by atoms with Crippen LogP contribution in [0.3, 0.4) is 0 Å². The third-order valence-corrected chi connectivity index (χ3v) is 6.41. The Balaban J connectivity index is 1.93.